The van der Waals surface area contributed by atoms with Crippen LogP contribution in [0.25, 0.3) is 72.7 Å². The van der Waals surface area contributed by atoms with Crippen LogP contribution < -0.4 is 0 Å². The molecule has 5 nitrogen and oxygen atoms in total. The van der Waals surface area contributed by atoms with Crippen molar-refractivity contribution in [2.24, 2.45) is 0 Å². The predicted octanol–water partition coefficient (Wildman–Crippen LogP) is 11.4. The van der Waals surface area contributed by atoms with Gasteiger partial charge in [-0.1, -0.05) is 135 Å². The van der Waals surface area contributed by atoms with Crippen LogP contribution in [0.1, 0.15) is 44.1 Å². The van der Waals surface area contributed by atoms with E-state index in [1.165, 1.54) is 38.6 Å². The Morgan fingerprint density at radius 2 is 1.25 bits per heavy atom. The zero-order valence-corrected chi connectivity index (χ0v) is 30.0. The van der Waals surface area contributed by atoms with Crippen molar-refractivity contribution >= 4 is 21.8 Å². The molecule has 1 unspecified atom stereocenters. The maximum atomic E-state index is 5.11. The van der Waals surface area contributed by atoms with E-state index >= 15 is 0 Å². The summed E-state index contributed by atoms with van der Waals surface area (Å²) in [6.45, 7) is 6.85. The van der Waals surface area contributed by atoms with Gasteiger partial charge in [-0.15, -0.1) is 0 Å². The van der Waals surface area contributed by atoms with Crippen molar-refractivity contribution < 1.29 is 0 Å². The van der Waals surface area contributed by atoms with Gasteiger partial charge in [0.1, 0.15) is 11.6 Å². The standard InChI is InChI=1S/C48H37N5/c1-47(2)39-18-10-8-16-35(39)37-28-38-36-17-9-11-19-41(36)53(42(38)29-40(37)47)43-25-24-34(30-49-43)45-50-44(51-46(52-45)48(3)26-12-5-13-27-48)33-22-20-32(21-23-33)31-14-6-4-7-15-31/h4-26,28-30H,27H2,1-3H3. The number of pyridine rings is 1. The predicted molar refractivity (Wildman–Crippen MR) is 216 cm³/mol. The highest BCUT2D eigenvalue weighted by Crippen LogP contribution is 2.51. The third-order valence-electron chi connectivity index (χ3n) is 11.3. The first-order valence-corrected chi connectivity index (χ1v) is 18.3. The van der Waals surface area contributed by atoms with Crippen LogP contribution >= 0.6 is 0 Å². The minimum atomic E-state index is -0.352. The fourth-order valence-electron chi connectivity index (χ4n) is 8.29. The van der Waals surface area contributed by atoms with E-state index in [9.17, 15) is 0 Å². The Labute approximate surface area is 309 Å². The maximum Gasteiger partial charge on any atom is 0.165 e. The van der Waals surface area contributed by atoms with Gasteiger partial charge in [0.05, 0.1) is 11.0 Å². The molecule has 8 aromatic rings. The van der Waals surface area contributed by atoms with Crippen LogP contribution in [0.15, 0.2) is 158 Å². The molecule has 0 spiro atoms. The molecular formula is C48H37N5. The molecule has 0 saturated carbocycles. The summed E-state index contributed by atoms with van der Waals surface area (Å²) < 4.78 is 2.30. The Hall–Kier alpha value is -6.46. The molecule has 0 N–H and O–H groups in total. The molecule has 53 heavy (non-hydrogen) atoms. The molecule has 3 heterocycles. The summed E-state index contributed by atoms with van der Waals surface area (Å²) in [5.41, 5.74) is 11.3. The molecular weight excluding hydrogens is 647 g/mol. The number of fused-ring (bicyclic) bond motifs is 6. The molecule has 3 aromatic heterocycles. The molecule has 0 saturated heterocycles. The lowest BCUT2D eigenvalue weighted by atomic mass is 9.82. The van der Waals surface area contributed by atoms with Crippen LogP contribution in [-0.4, -0.2) is 24.5 Å². The highest BCUT2D eigenvalue weighted by atomic mass is 15.1. The summed E-state index contributed by atoms with van der Waals surface area (Å²) in [4.78, 5) is 20.3. The smallest absolute Gasteiger partial charge is 0.165 e. The van der Waals surface area contributed by atoms with E-state index in [4.69, 9.17) is 19.9 Å². The van der Waals surface area contributed by atoms with E-state index in [2.05, 4.69) is 171 Å². The Bertz CT molecular complexity index is 2770. The van der Waals surface area contributed by atoms with Crippen LogP contribution in [-0.2, 0) is 10.8 Å². The van der Waals surface area contributed by atoms with Gasteiger partial charge >= 0.3 is 0 Å². The van der Waals surface area contributed by atoms with Crippen molar-refractivity contribution in [2.45, 2.75) is 38.0 Å². The number of aromatic nitrogens is 5. The number of hydrogen-bond acceptors (Lipinski definition) is 4. The zero-order chi connectivity index (χ0) is 35.7. The lowest BCUT2D eigenvalue weighted by Gasteiger charge is -2.25. The minimum absolute atomic E-state index is 0.103. The van der Waals surface area contributed by atoms with E-state index in [0.717, 1.165) is 45.8 Å². The molecule has 0 radical (unpaired) electrons. The number of allylic oxidation sites excluding steroid dienone is 4. The normalized spacial score (nSPS) is 17.0. The Morgan fingerprint density at radius 3 is 2.02 bits per heavy atom. The fourth-order valence-corrected chi connectivity index (χ4v) is 8.29. The molecule has 1 atom stereocenters. The van der Waals surface area contributed by atoms with Gasteiger partial charge in [-0.25, -0.2) is 19.9 Å². The van der Waals surface area contributed by atoms with Crippen LogP contribution in [0.3, 0.4) is 0 Å². The summed E-state index contributed by atoms with van der Waals surface area (Å²) in [6.07, 6.45) is 11.2. The molecule has 0 aliphatic heterocycles. The first-order valence-electron chi connectivity index (χ1n) is 18.3. The summed E-state index contributed by atoms with van der Waals surface area (Å²) in [7, 11) is 0. The third-order valence-corrected chi connectivity index (χ3v) is 11.3. The SMILES string of the molecule is CC1(c2nc(-c3ccc(-c4ccccc4)cc3)nc(-c3ccc(-n4c5ccccc5c5cc6c(cc54)C(C)(C)c4ccccc4-6)nc3)n2)C=CC=CC1. The van der Waals surface area contributed by atoms with E-state index < -0.39 is 0 Å². The quantitative estimate of drug-likeness (QED) is 0.181. The molecule has 10 rings (SSSR count). The van der Waals surface area contributed by atoms with Gasteiger partial charge in [0.25, 0.3) is 0 Å². The second-order valence-corrected chi connectivity index (χ2v) is 15.0. The van der Waals surface area contributed by atoms with Gasteiger partial charge in [-0.2, -0.15) is 0 Å². The van der Waals surface area contributed by atoms with Gasteiger partial charge in [0.15, 0.2) is 11.6 Å². The second-order valence-electron chi connectivity index (χ2n) is 15.0. The Balaban J connectivity index is 1.09. The molecule has 0 fully saturated rings. The monoisotopic (exact) mass is 683 g/mol. The van der Waals surface area contributed by atoms with Gasteiger partial charge in [0, 0.05) is 38.9 Å². The van der Waals surface area contributed by atoms with Crippen molar-refractivity contribution in [1.29, 1.82) is 0 Å². The van der Waals surface area contributed by atoms with Crippen LogP contribution in [0.4, 0.5) is 0 Å². The number of rotatable bonds is 5. The molecule has 254 valence electrons. The maximum absolute atomic E-state index is 5.11. The van der Waals surface area contributed by atoms with Crippen molar-refractivity contribution in [3.05, 3.63) is 175 Å². The summed E-state index contributed by atoms with van der Waals surface area (Å²) >= 11 is 0. The Kier molecular flexibility index (Phi) is 6.96. The van der Waals surface area contributed by atoms with Crippen molar-refractivity contribution in [2.75, 3.05) is 0 Å². The van der Waals surface area contributed by atoms with Crippen LogP contribution in [0, 0.1) is 0 Å². The van der Waals surface area contributed by atoms with Crippen LogP contribution in [0.5, 0.6) is 0 Å². The summed E-state index contributed by atoms with van der Waals surface area (Å²) in [5, 5.41) is 2.44. The topological polar surface area (TPSA) is 56.5 Å². The average molecular weight is 684 g/mol. The minimum Gasteiger partial charge on any atom is -0.294 e. The van der Waals surface area contributed by atoms with Gasteiger partial charge < -0.3 is 0 Å². The lowest BCUT2D eigenvalue weighted by Crippen LogP contribution is -2.24. The third kappa shape index (κ3) is 4.99. The first-order chi connectivity index (χ1) is 25.9. The van der Waals surface area contributed by atoms with E-state index in [0.29, 0.717) is 11.6 Å². The van der Waals surface area contributed by atoms with E-state index in [-0.39, 0.29) is 10.8 Å². The van der Waals surface area contributed by atoms with Crippen molar-refractivity contribution in [1.82, 2.24) is 24.5 Å². The first kappa shape index (κ1) is 31.3. The van der Waals surface area contributed by atoms with Crippen molar-refractivity contribution in [3.8, 4) is 50.8 Å². The highest BCUT2D eigenvalue weighted by Gasteiger charge is 2.36. The average Bonchev–Trinajstić information content (AvgIpc) is 3.65. The molecule has 2 aliphatic rings. The highest BCUT2D eigenvalue weighted by molar-refractivity contribution is 6.11. The molecule has 0 amide bonds. The number of hydrogen-bond donors (Lipinski definition) is 0. The fraction of sp³-hybridized carbons (Fsp3) is 0.125. The van der Waals surface area contributed by atoms with Crippen molar-refractivity contribution in [3.63, 3.8) is 0 Å². The number of nitrogens with zero attached hydrogens (tertiary/aromatic N) is 5. The van der Waals surface area contributed by atoms with Gasteiger partial charge in [-0.05, 0) is 77.1 Å². The zero-order valence-electron chi connectivity index (χ0n) is 30.0. The second kappa shape index (κ2) is 11.8. The summed E-state index contributed by atoms with van der Waals surface area (Å²) in [5.74, 6) is 2.86. The summed E-state index contributed by atoms with van der Waals surface area (Å²) in [6, 6.07) is 45.3. The van der Waals surface area contributed by atoms with E-state index in [1.54, 1.807) is 0 Å². The van der Waals surface area contributed by atoms with Gasteiger partial charge in [0.2, 0.25) is 0 Å². The van der Waals surface area contributed by atoms with Gasteiger partial charge in [-0.3, -0.25) is 4.57 Å². The lowest BCUT2D eigenvalue weighted by molar-refractivity contribution is 0.554. The Morgan fingerprint density at radius 1 is 0.547 bits per heavy atom. The number of benzene rings is 5. The van der Waals surface area contributed by atoms with Crippen LogP contribution in [0.2, 0.25) is 0 Å². The number of para-hydroxylation sites is 1. The molecule has 5 aromatic carbocycles. The van der Waals surface area contributed by atoms with E-state index in [1.807, 2.05) is 12.3 Å². The molecule has 0 bridgehead atoms. The largest absolute Gasteiger partial charge is 0.294 e. The molecule has 5 heteroatoms. The molecule has 2 aliphatic carbocycles.